The highest BCUT2D eigenvalue weighted by atomic mass is 16.5. The standard InChI is InChI=1S/C13H16BN3O3/c1-3-20-13(18)12-8(2)16-17-10(12)4-14(7-15)9-5-19-6-11(9)17/h9,11H,3-6H2,1-2H3. The molecular formula is C13H16BN3O3. The van der Waals surface area contributed by atoms with E-state index in [-0.39, 0.29) is 24.5 Å². The zero-order chi connectivity index (χ0) is 14.3. The molecule has 1 saturated heterocycles. The maximum Gasteiger partial charge on any atom is 0.341 e. The summed E-state index contributed by atoms with van der Waals surface area (Å²) in [5.41, 5.74) is 2.01. The van der Waals surface area contributed by atoms with Gasteiger partial charge in [-0.05, 0) is 20.2 Å². The summed E-state index contributed by atoms with van der Waals surface area (Å²) >= 11 is 0. The van der Waals surface area contributed by atoms with Gasteiger partial charge in [0.1, 0.15) is 5.56 Å². The van der Waals surface area contributed by atoms with Crippen molar-refractivity contribution in [2.45, 2.75) is 32.0 Å². The molecule has 0 amide bonds. The van der Waals surface area contributed by atoms with E-state index in [1.807, 2.05) is 11.6 Å². The largest absolute Gasteiger partial charge is 0.462 e. The van der Waals surface area contributed by atoms with Crippen LogP contribution in [0.15, 0.2) is 0 Å². The number of esters is 1. The third-order valence-electron chi connectivity index (χ3n) is 4.17. The molecule has 20 heavy (non-hydrogen) atoms. The molecule has 0 aromatic carbocycles. The fraction of sp³-hybridized carbons (Fsp3) is 0.615. The van der Waals surface area contributed by atoms with Crippen LogP contribution in [0.2, 0.25) is 5.82 Å². The lowest BCUT2D eigenvalue weighted by Gasteiger charge is -2.27. The Labute approximate surface area is 117 Å². The average molecular weight is 273 g/mol. The highest BCUT2D eigenvalue weighted by molar-refractivity contribution is 6.68. The summed E-state index contributed by atoms with van der Waals surface area (Å²) < 4.78 is 12.5. The molecule has 6 nitrogen and oxygen atoms in total. The second-order valence-electron chi connectivity index (χ2n) is 5.28. The van der Waals surface area contributed by atoms with Gasteiger partial charge in [0.05, 0.1) is 24.9 Å². The molecular weight excluding hydrogens is 257 g/mol. The molecule has 104 valence electrons. The molecule has 2 aliphatic heterocycles. The SMILES string of the molecule is CCOC(=O)c1c(C)nn2c1CB(C#N)C1COCC12. The van der Waals surface area contributed by atoms with Crippen LogP contribution in [-0.2, 0) is 15.8 Å². The van der Waals surface area contributed by atoms with Crippen LogP contribution in [0.3, 0.4) is 0 Å². The Morgan fingerprint density at radius 2 is 2.45 bits per heavy atom. The average Bonchev–Trinajstić information content (AvgIpc) is 3.01. The van der Waals surface area contributed by atoms with Crippen molar-refractivity contribution >= 4 is 12.7 Å². The molecule has 0 spiro atoms. The molecule has 0 saturated carbocycles. The van der Waals surface area contributed by atoms with E-state index in [1.165, 1.54) is 0 Å². The normalized spacial score (nSPS) is 23.9. The summed E-state index contributed by atoms with van der Waals surface area (Å²) in [4.78, 5) is 12.1. The monoisotopic (exact) mass is 273 g/mol. The van der Waals surface area contributed by atoms with E-state index in [4.69, 9.17) is 9.47 Å². The van der Waals surface area contributed by atoms with Crippen molar-refractivity contribution < 1.29 is 14.3 Å². The van der Waals surface area contributed by atoms with Crippen LogP contribution in [0.4, 0.5) is 0 Å². The van der Waals surface area contributed by atoms with Crippen LogP contribution in [0, 0.1) is 18.2 Å². The van der Waals surface area contributed by atoms with Gasteiger partial charge in [-0.1, -0.05) is 0 Å². The Hall–Kier alpha value is -1.81. The van der Waals surface area contributed by atoms with Crippen LogP contribution in [-0.4, -0.2) is 42.3 Å². The molecule has 2 atom stereocenters. The maximum absolute atomic E-state index is 12.1. The zero-order valence-corrected chi connectivity index (χ0v) is 11.6. The van der Waals surface area contributed by atoms with Crippen molar-refractivity contribution in [1.82, 2.24) is 9.78 Å². The first-order valence-electron chi connectivity index (χ1n) is 6.89. The molecule has 2 aliphatic rings. The molecule has 3 rings (SSSR count). The number of hydrogen-bond acceptors (Lipinski definition) is 5. The second kappa shape index (κ2) is 4.95. The number of nitrogens with zero attached hydrogens (tertiary/aromatic N) is 3. The molecule has 0 N–H and O–H groups in total. The smallest absolute Gasteiger partial charge is 0.341 e. The second-order valence-corrected chi connectivity index (χ2v) is 5.28. The van der Waals surface area contributed by atoms with E-state index in [2.05, 4.69) is 11.1 Å². The van der Waals surface area contributed by atoms with E-state index in [9.17, 15) is 10.1 Å². The minimum atomic E-state index is -0.347. The number of carbonyl (C=O) groups excluding carboxylic acids is 1. The predicted octanol–water partition coefficient (Wildman–Crippen LogP) is 0.963. The van der Waals surface area contributed by atoms with E-state index in [0.717, 1.165) is 5.69 Å². The van der Waals surface area contributed by atoms with Crippen molar-refractivity contribution in [3.63, 3.8) is 0 Å². The van der Waals surface area contributed by atoms with Gasteiger partial charge in [0, 0.05) is 24.1 Å². The number of carbonyl (C=O) groups is 1. The molecule has 1 fully saturated rings. The Morgan fingerprint density at radius 1 is 1.65 bits per heavy atom. The van der Waals surface area contributed by atoms with Gasteiger partial charge >= 0.3 is 5.97 Å². The van der Waals surface area contributed by atoms with Crippen LogP contribution in [0.5, 0.6) is 0 Å². The number of rotatable bonds is 2. The number of aromatic nitrogens is 2. The quantitative estimate of drug-likeness (QED) is 0.592. The third kappa shape index (κ3) is 1.83. The fourth-order valence-electron chi connectivity index (χ4n) is 3.23. The fourth-order valence-corrected chi connectivity index (χ4v) is 3.23. The molecule has 3 heterocycles. The van der Waals surface area contributed by atoms with Crippen LogP contribution in [0.1, 0.15) is 34.7 Å². The minimum absolute atomic E-state index is 0.0604. The number of ether oxygens (including phenoxy) is 2. The predicted molar refractivity (Wildman–Crippen MR) is 71.6 cm³/mol. The van der Waals surface area contributed by atoms with Crippen molar-refractivity contribution in [1.29, 1.82) is 5.26 Å². The number of hydrogen-bond donors (Lipinski definition) is 0. The molecule has 0 radical (unpaired) electrons. The maximum atomic E-state index is 12.1. The summed E-state index contributed by atoms with van der Waals surface area (Å²) in [6, 6.07) is 0.0604. The zero-order valence-electron chi connectivity index (χ0n) is 11.6. The van der Waals surface area contributed by atoms with Crippen molar-refractivity contribution in [3.8, 4) is 5.97 Å². The summed E-state index contributed by atoms with van der Waals surface area (Å²) in [6.07, 6.45) is 0.538. The summed E-state index contributed by atoms with van der Waals surface area (Å²) in [5, 5.41) is 13.8. The number of fused-ring (bicyclic) bond motifs is 3. The molecule has 1 aromatic rings. The molecule has 2 unspecified atom stereocenters. The molecule has 1 aromatic heterocycles. The first kappa shape index (κ1) is 13.2. The van der Waals surface area contributed by atoms with Gasteiger partial charge < -0.3 is 9.47 Å². The van der Waals surface area contributed by atoms with Crippen molar-refractivity contribution in [2.24, 2.45) is 0 Å². The van der Waals surface area contributed by atoms with Gasteiger partial charge in [-0.2, -0.15) is 5.10 Å². The first-order chi connectivity index (χ1) is 9.67. The highest BCUT2D eigenvalue weighted by Gasteiger charge is 2.46. The van der Waals surface area contributed by atoms with Crippen LogP contribution in [0.25, 0.3) is 0 Å². The van der Waals surface area contributed by atoms with E-state index in [1.54, 1.807) is 6.92 Å². The lowest BCUT2D eigenvalue weighted by molar-refractivity contribution is 0.0524. The number of nitriles is 1. The molecule has 0 aliphatic carbocycles. The van der Waals surface area contributed by atoms with Gasteiger partial charge in [-0.3, -0.25) is 4.68 Å². The Kier molecular flexibility index (Phi) is 3.26. The summed E-state index contributed by atoms with van der Waals surface area (Å²) in [7, 11) is 0. The van der Waals surface area contributed by atoms with Crippen LogP contribution >= 0.6 is 0 Å². The lowest BCUT2D eigenvalue weighted by atomic mass is 9.37. The number of aryl methyl sites for hydroxylation is 1. The van der Waals surface area contributed by atoms with Crippen molar-refractivity contribution in [2.75, 3.05) is 19.8 Å². The molecule has 7 heteroatoms. The van der Waals surface area contributed by atoms with Gasteiger partial charge in [0.2, 0.25) is 0 Å². The van der Waals surface area contributed by atoms with E-state index < -0.39 is 0 Å². The first-order valence-corrected chi connectivity index (χ1v) is 6.89. The van der Waals surface area contributed by atoms with Gasteiger partial charge in [-0.15, -0.1) is 0 Å². The van der Waals surface area contributed by atoms with Gasteiger partial charge in [0.25, 0.3) is 6.71 Å². The van der Waals surface area contributed by atoms with Gasteiger partial charge in [-0.25, -0.2) is 10.1 Å². The Morgan fingerprint density at radius 3 is 3.15 bits per heavy atom. The molecule has 0 bridgehead atoms. The Bertz CT molecular complexity index is 592. The van der Waals surface area contributed by atoms with E-state index in [0.29, 0.717) is 37.4 Å². The van der Waals surface area contributed by atoms with Crippen molar-refractivity contribution in [3.05, 3.63) is 17.0 Å². The lowest BCUT2D eigenvalue weighted by Crippen LogP contribution is -2.37. The highest BCUT2D eigenvalue weighted by Crippen LogP contribution is 2.40. The van der Waals surface area contributed by atoms with Gasteiger partial charge in [0.15, 0.2) is 0 Å². The Balaban J connectivity index is 2.06. The topological polar surface area (TPSA) is 77.1 Å². The minimum Gasteiger partial charge on any atom is -0.462 e. The summed E-state index contributed by atoms with van der Waals surface area (Å²) in [5.74, 6) is 2.17. The third-order valence-corrected chi connectivity index (χ3v) is 4.17. The van der Waals surface area contributed by atoms with E-state index >= 15 is 0 Å². The van der Waals surface area contributed by atoms with Crippen LogP contribution < -0.4 is 0 Å². The summed E-state index contributed by atoms with van der Waals surface area (Å²) in [6.45, 7) is 4.94.